The zero-order valence-corrected chi connectivity index (χ0v) is 24.6. The van der Waals surface area contributed by atoms with Gasteiger partial charge in [0.05, 0.1) is 34.3 Å². The van der Waals surface area contributed by atoms with Crippen molar-refractivity contribution in [2.75, 3.05) is 26.2 Å². The van der Waals surface area contributed by atoms with E-state index in [9.17, 15) is 22.8 Å². The van der Waals surface area contributed by atoms with Gasteiger partial charge in [0.1, 0.15) is 6.04 Å². The molecular formula is C27H33ClN6O6S. The SMILES string of the molecule is CC(C)OC(=O)C1CN(S(=O)(=O)c2ccc3c(Cl)c[nH]c3c2)CC(=O)N1C(c1ccc(=O)n(C)n1)C1CCNCC1. The van der Waals surface area contributed by atoms with Crippen LogP contribution in [0.25, 0.3) is 10.9 Å². The number of esters is 1. The highest BCUT2D eigenvalue weighted by atomic mass is 35.5. The third-order valence-corrected chi connectivity index (χ3v) is 9.71. The number of piperidine rings is 1. The summed E-state index contributed by atoms with van der Waals surface area (Å²) in [6.07, 6.45) is 2.48. The van der Waals surface area contributed by atoms with Gasteiger partial charge in [-0.2, -0.15) is 9.40 Å². The van der Waals surface area contributed by atoms with Crippen molar-refractivity contribution >= 4 is 44.4 Å². The van der Waals surface area contributed by atoms with Gasteiger partial charge in [0, 0.05) is 36.8 Å². The number of nitrogens with zero attached hydrogens (tertiary/aromatic N) is 4. The van der Waals surface area contributed by atoms with Gasteiger partial charge in [0.15, 0.2) is 0 Å². The fourth-order valence-corrected chi connectivity index (χ4v) is 7.25. The van der Waals surface area contributed by atoms with Gasteiger partial charge in [-0.05, 0) is 70.0 Å². The van der Waals surface area contributed by atoms with E-state index in [0.29, 0.717) is 47.6 Å². The Morgan fingerprint density at radius 3 is 2.56 bits per heavy atom. The molecule has 0 spiro atoms. The summed E-state index contributed by atoms with van der Waals surface area (Å²) in [5.74, 6) is -1.33. The van der Waals surface area contributed by atoms with E-state index in [2.05, 4.69) is 15.4 Å². The molecule has 1 amide bonds. The second-order valence-electron chi connectivity index (χ2n) is 10.7. The minimum absolute atomic E-state index is 0.0321. The number of ether oxygens (including phenoxy) is 1. The van der Waals surface area contributed by atoms with Gasteiger partial charge >= 0.3 is 5.97 Å². The number of fused-ring (bicyclic) bond motifs is 1. The second-order valence-corrected chi connectivity index (χ2v) is 13.0. The molecule has 2 aromatic heterocycles. The zero-order chi connectivity index (χ0) is 29.5. The molecule has 41 heavy (non-hydrogen) atoms. The molecule has 2 N–H and O–H groups in total. The smallest absolute Gasteiger partial charge is 0.330 e. The number of benzene rings is 1. The number of carbonyl (C=O) groups excluding carboxylic acids is 2. The summed E-state index contributed by atoms with van der Waals surface area (Å²) >= 11 is 6.16. The number of nitrogens with one attached hydrogen (secondary N) is 2. The number of rotatable bonds is 7. The lowest BCUT2D eigenvalue weighted by molar-refractivity contribution is -0.165. The number of sulfonamides is 1. The van der Waals surface area contributed by atoms with Crippen molar-refractivity contribution in [3.8, 4) is 0 Å². The van der Waals surface area contributed by atoms with E-state index < -0.39 is 46.6 Å². The van der Waals surface area contributed by atoms with Gasteiger partial charge in [-0.15, -0.1) is 0 Å². The van der Waals surface area contributed by atoms with E-state index in [-0.39, 0.29) is 22.9 Å². The maximum Gasteiger partial charge on any atom is 0.330 e. The molecule has 2 unspecified atom stereocenters. The first-order valence-corrected chi connectivity index (χ1v) is 15.3. The number of halogens is 1. The minimum Gasteiger partial charge on any atom is -0.461 e. The van der Waals surface area contributed by atoms with Crippen LogP contribution in [-0.4, -0.2) is 82.6 Å². The fourth-order valence-electron chi connectivity index (χ4n) is 5.61. The van der Waals surface area contributed by atoms with Crippen molar-refractivity contribution in [2.45, 2.75) is 49.8 Å². The highest BCUT2D eigenvalue weighted by Gasteiger charge is 2.48. The number of piperazine rings is 1. The van der Waals surface area contributed by atoms with Crippen LogP contribution in [0.3, 0.4) is 0 Å². The maximum absolute atomic E-state index is 14.0. The van der Waals surface area contributed by atoms with Gasteiger partial charge in [-0.3, -0.25) is 9.59 Å². The van der Waals surface area contributed by atoms with Crippen LogP contribution in [0, 0.1) is 5.92 Å². The van der Waals surface area contributed by atoms with Crippen molar-refractivity contribution in [1.29, 1.82) is 0 Å². The van der Waals surface area contributed by atoms with Crippen molar-refractivity contribution in [3.63, 3.8) is 0 Å². The molecule has 3 aromatic rings. The molecular weight excluding hydrogens is 572 g/mol. The number of aromatic nitrogens is 3. The summed E-state index contributed by atoms with van der Waals surface area (Å²) in [5.41, 5.74) is 0.680. The Kier molecular flexibility index (Phi) is 8.24. The second kappa shape index (κ2) is 11.6. The molecule has 0 bridgehead atoms. The summed E-state index contributed by atoms with van der Waals surface area (Å²) in [6, 6.07) is 5.56. The van der Waals surface area contributed by atoms with Crippen molar-refractivity contribution in [3.05, 3.63) is 57.6 Å². The minimum atomic E-state index is -4.18. The van der Waals surface area contributed by atoms with Crippen LogP contribution in [0.2, 0.25) is 5.02 Å². The molecule has 4 heterocycles. The number of carbonyl (C=O) groups is 2. The summed E-state index contributed by atoms with van der Waals surface area (Å²) in [4.78, 5) is 44.0. The normalized spacial score (nSPS) is 20.1. The van der Waals surface area contributed by atoms with Crippen LogP contribution in [0.4, 0.5) is 0 Å². The lowest BCUT2D eigenvalue weighted by Crippen LogP contribution is -2.62. The van der Waals surface area contributed by atoms with Crippen LogP contribution in [0.15, 0.2) is 46.2 Å². The Morgan fingerprint density at radius 2 is 1.88 bits per heavy atom. The number of H-pyrrole nitrogens is 1. The van der Waals surface area contributed by atoms with Gasteiger partial charge in [0.2, 0.25) is 15.9 Å². The number of aromatic amines is 1. The lowest BCUT2D eigenvalue weighted by Gasteiger charge is -2.46. The van der Waals surface area contributed by atoms with E-state index in [1.807, 2.05) is 0 Å². The van der Waals surface area contributed by atoms with Crippen molar-refractivity contribution in [2.24, 2.45) is 13.0 Å². The highest BCUT2D eigenvalue weighted by Crippen LogP contribution is 2.37. The molecule has 14 heteroatoms. The molecule has 2 fully saturated rings. The van der Waals surface area contributed by atoms with Gasteiger partial charge in [-0.1, -0.05) is 11.6 Å². The van der Waals surface area contributed by atoms with Crippen molar-refractivity contribution < 1.29 is 22.7 Å². The molecule has 0 aliphatic carbocycles. The molecule has 2 atom stereocenters. The van der Waals surface area contributed by atoms with Gasteiger partial charge in [0.25, 0.3) is 5.56 Å². The Labute approximate surface area is 242 Å². The number of amides is 1. The highest BCUT2D eigenvalue weighted by molar-refractivity contribution is 7.89. The van der Waals surface area contributed by atoms with Crippen LogP contribution < -0.4 is 10.9 Å². The van der Waals surface area contributed by atoms with E-state index in [0.717, 1.165) is 4.31 Å². The number of aryl methyl sites for hydroxylation is 1. The van der Waals surface area contributed by atoms with Crippen LogP contribution in [-0.2, 0) is 31.4 Å². The van der Waals surface area contributed by atoms with Gasteiger partial charge < -0.3 is 19.9 Å². The standard InChI is InChI=1S/C27H33ClN6O6S/c1-16(2)40-27(37)23-14-33(41(38,39)18-4-5-19-20(28)13-30-22(19)12-18)15-25(36)34(23)26(17-8-10-29-11-9-17)21-6-7-24(35)32(3)31-21/h4-7,12-13,16-17,23,26,29-30H,8-11,14-15H2,1-3H3. The Morgan fingerprint density at radius 1 is 1.15 bits per heavy atom. The number of hydrogen-bond acceptors (Lipinski definition) is 8. The van der Waals surface area contributed by atoms with Crippen LogP contribution in [0.1, 0.15) is 38.4 Å². The molecule has 12 nitrogen and oxygen atoms in total. The lowest BCUT2D eigenvalue weighted by atomic mass is 9.85. The summed E-state index contributed by atoms with van der Waals surface area (Å²) in [6.45, 7) is 4.04. The predicted octanol–water partition coefficient (Wildman–Crippen LogP) is 1.81. The Hall–Kier alpha value is -3.26. The fraction of sp³-hybridized carbons (Fsp3) is 0.481. The molecule has 0 saturated carbocycles. The van der Waals surface area contributed by atoms with E-state index in [1.165, 1.54) is 34.8 Å². The topological polar surface area (TPSA) is 147 Å². The Bertz CT molecular complexity index is 1630. The molecule has 2 aliphatic rings. The van der Waals surface area contributed by atoms with E-state index >= 15 is 0 Å². The predicted molar refractivity (Wildman–Crippen MR) is 152 cm³/mol. The molecule has 2 aliphatic heterocycles. The average molecular weight is 605 g/mol. The monoisotopic (exact) mass is 604 g/mol. The van der Waals surface area contributed by atoms with Crippen LogP contribution in [0.5, 0.6) is 0 Å². The largest absolute Gasteiger partial charge is 0.461 e. The maximum atomic E-state index is 14.0. The quantitative estimate of drug-likeness (QED) is 0.388. The third-order valence-electron chi connectivity index (χ3n) is 7.59. The molecule has 1 aromatic carbocycles. The average Bonchev–Trinajstić information content (AvgIpc) is 3.31. The van der Waals surface area contributed by atoms with E-state index in [4.69, 9.17) is 16.3 Å². The van der Waals surface area contributed by atoms with Crippen LogP contribution >= 0.6 is 11.6 Å². The van der Waals surface area contributed by atoms with E-state index in [1.54, 1.807) is 32.2 Å². The zero-order valence-electron chi connectivity index (χ0n) is 23.0. The summed E-state index contributed by atoms with van der Waals surface area (Å²) < 4.78 is 35.4. The first-order chi connectivity index (χ1) is 19.5. The Balaban J connectivity index is 1.56. The molecule has 0 radical (unpaired) electrons. The summed E-state index contributed by atoms with van der Waals surface area (Å²) in [5, 5.41) is 8.88. The van der Waals surface area contributed by atoms with Crippen molar-refractivity contribution in [1.82, 2.24) is 29.3 Å². The number of hydrogen-bond donors (Lipinski definition) is 2. The molecule has 2 saturated heterocycles. The first kappa shape index (κ1) is 29.2. The summed E-state index contributed by atoms with van der Waals surface area (Å²) in [7, 11) is -2.65. The third kappa shape index (κ3) is 5.76. The van der Waals surface area contributed by atoms with Gasteiger partial charge in [-0.25, -0.2) is 17.9 Å². The first-order valence-electron chi connectivity index (χ1n) is 13.5. The molecule has 5 rings (SSSR count). The molecule has 220 valence electrons.